The average molecular weight is 600 g/mol. The lowest BCUT2D eigenvalue weighted by atomic mass is 9.89. The van der Waals surface area contributed by atoms with Crippen molar-refractivity contribution in [1.29, 1.82) is 0 Å². The summed E-state index contributed by atoms with van der Waals surface area (Å²) >= 11 is 0. The number of hydrogen-bond donors (Lipinski definition) is 3. The molecule has 1 aliphatic rings. The molecule has 0 aliphatic carbocycles. The summed E-state index contributed by atoms with van der Waals surface area (Å²) in [4.78, 5) is 34.9. The number of para-hydroxylation sites is 1. The van der Waals surface area contributed by atoms with E-state index >= 15 is 0 Å². The Hall–Kier alpha value is -4.37. The predicted octanol–water partition coefficient (Wildman–Crippen LogP) is 6.47. The topological polar surface area (TPSA) is 89.7 Å². The molecule has 0 radical (unpaired) electrons. The van der Waals surface area contributed by atoms with Crippen LogP contribution in [0.15, 0.2) is 72.9 Å². The number of nitrogens with zero attached hydrogens (tertiary/aromatic N) is 2. The first kappa shape index (κ1) is 31.1. The Balaban J connectivity index is 1.37. The third-order valence-corrected chi connectivity index (χ3v) is 8.40. The SMILES string of the molecule is CCOc1ccc(CN(C)C)cc1NC(=O)[C@H](NC(=O)N1CCC(c2ccc(F)cc2)CC1)[C@@H](C)c1c[nH]c2ccccc12. The first-order chi connectivity index (χ1) is 21.2. The van der Waals surface area contributed by atoms with Gasteiger partial charge in [0.25, 0.3) is 0 Å². The molecule has 4 aromatic rings. The van der Waals surface area contributed by atoms with Crippen molar-refractivity contribution in [3.63, 3.8) is 0 Å². The Kier molecular flexibility index (Phi) is 9.85. The lowest BCUT2D eigenvalue weighted by Crippen LogP contribution is -2.53. The van der Waals surface area contributed by atoms with Crippen LogP contribution in [0.4, 0.5) is 14.9 Å². The molecule has 2 heterocycles. The van der Waals surface area contributed by atoms with E-state index in [2.05, 4.69) is 20.5 Å². The van der Waals surface area contributed by atoms with Crippen LogP contribution in [0.2, 0.25) is 0 Å². The van der Waals surface area contributed by atoms with Crippen LogP contribution in [0.1, 0.15) is 55.2 Å². The smallest absolute Gasteiger partial charge is 0.318 e. The quantitative estimate of drug-likeness (QED) is 0.195. The highest BCUT2D eigenvalue weighted by Gasteiger charge is 2.33. The molecule has 0 spiro atoms. The van der Waals surface area contributed by atoms with Crippen molar-refractivity contribution in [3.05, 3.63) is 95.4 Å². The Morgan fingerprint density at radius 2 is 1.80 bits per heavy atom. The Morgan fingerprint density at radius 3 is 2.50 bits per heavy atom. The fraction of sp³-hybridized carbons (Fsp3) is 0.371. The van der Waals surface area contributed by atoms with Gasteiger partial charge in [-0.1, -0.05) is 43.3 Å². The number of anilines is 1. The number of halogens is 1. The minimum absolute atomic E-state index is 0.253. The minimum atomic E-state index is -0.858. The van der Waals surface area contributed by atoms with E-state index in [0.717, 1.165) is 40.4 Å². The van der Waals surface area contributed by atoms with E-state index in [1.54, 1.807) is 4.90 Å². The molecule has 1 saturated heterocycles. The van der Waals surface area contributed by atoms with Gasteiger partial charge in [0, 0.05) is 42.7 Å². The Labute approximate surface area is 258 Å². The number of fused-ring (bicyclic) bond motifs is 1. The van der Waals surface area contributed by atoms with Crippen LogP contribution in [-0.4, -0.2) is 66.6 Å². The number of hydrogen-bond acceptors (Lipinski definition) is 4. The number of urea groups is 1. The monoisotopic (exact) mass is 599 g/mol. The van der Waals surface area contributed by atoms with Crippen molar-refractivity contribution in [1.82, 2.24) is 20.1 Å². The Morgan fingerprint density at radius 1 is 1.07 bits per heavy atom. The van der Waals surface area contributed by atoms with Gasteiger partial charge in [0.05, 0.1) is 12.3 Å². The van der Waals surface area contributed by atoms with Crippen LogP contribution >= 0.6 is 0 Å². The van der Waals surface area contributed by atoms with E-state index in [4.69, 9.17) is 4.74 Å². The molecule has 3 amide bonds. The number of benzene rings is 3. The van der Waals surface area contributed by atoms with Crippen molar-refractivity contribution >= 4 is 28.5 Å². The molecule has 44 heavy (non-hydrogen) atoms. The standard InChI is InChI=1S/C35H42FN5O3/c1-5-44-32-15-10-24(22-40(3)4)20-31(32)38-34(42)33(23(2)29-21-37-30-9-7-6-8-28(29)30)39-35(43)41-18-16-26(17-19-41)25-11-13-27(36)14-12-25/h6-15,20-21,23,26,33,37H,5,16-19,22H2,1-4H3,(H,38,42)(H,39,43)/t23-,33+/m0/s1. The van der Waals surface area contributed by atoms with Crippen LogP contribution in [0, 0.1) is 5.82 Å². The summed E-state index contributed by atoms with van der Waals surface area (Å²) in [5.41, 5.74) is 4.60. The number of piperidine rings is 1. The molecule has 1 aliphatic heterocycles. The zero-order chi connectivity index (χ0) is 31.2. The molecular formula is C35H42FN5O3. The number of rotatable bonds is 10. The molecule has 0 bridgehead atoms. The maximum atomic E-state index is 14.1. The Bertz CT molecular complexity index is 1580. The molecule has 8 nitrogen and oxygen atoms in total. The van der Waals surface area contributed by atoms with E-state index in [0.29, 0.717) is 37.7 Å². The normalized spacial score (nSPS) is 15.3. The summed E-state index contributed by atoms with van der Waals surface area (Å²) in [6.07, 6.45) is 3.45. The average Bonchev–Trinajstić information content (AvgIpc) is 3.45. The molecule has 9 heteroatoms. The molecule has 5 rings (SSSR count). The van der Waals surface area contributed by atoms with E-state index < -0.39 is 6.04 Å². The fourth-order valence-corrected chi connectivity index (χ4v) is 6.07. The number of carbonyl (C=O) groups excluding carboxylic acids is 2. The number of ether oxygens (including phenoxy) is 1. The molecule has 1 fully saturated rings. The third kappa shape index (κ3) is 7.22. The summed E-state index contributed by atoms with van der Waals surface area (Å²) in [6.45, 7) is 6.12. The van der Waals surface area contributed by atoms with Gasteiger partial charge in [-0.2, -0.15) is 0 Å². The first-order valence-corrected chi connectivity index (χ1v) is 15.3. The van der Waals surface area contributed by atoms with Gasteiger partial charge in [0.2, 0.25) is 5.91 Å². The maximum Gasteiger partial charge on any atom is 0.318 e. The van der Waals surface area contributed by atoms with E-state index in [1.807, 2.05) is 88.7 Å². The number of nitrogens with one attached hydrogen (secondary N) is 3. The second kappa shape index (κ2) is 13.9. The lowest BCUT2D eigenvalue weighted by molar-refractivity contribution is -0.118. The van der Waals surface area contributed by atoms with Crippen molar-refractivity contribution < 1.29 is 18.7 Å². The summed E-state index contributed by atoms with van der Waals surface area (Å²) in [5.74, 6) is -0.0731. The molecule has 3 N–H and O–H groups in total. The summed E-state index contributed by atoms with van der Waals surface area (Å²) in [6, 6.07) is 19.2. The van der Waals surface area contributed by atoms with Crippen LogP contribution < -0.4 is 15.4 Å². The highest BCUT2D eigenvalue weighted by molar-refractivity contribution is 5.99. The number of amides is 3. The van der Waals surface area contributed by atoms with Gasteiger partial charge in [0.15, 0.2) is 0 Å². The summed E-state index contributed by atoms with van der Waals surface area (Å²) in [7, 11) is 3.98. The second-order valence-corrected chi connectivity index (χ2v) is 11.8. The summed E-state index contributed by atoms with van der Waals surface area (Å²) in [5, 5.41) is 7.18. The van der Waals surface area contributed by atoms with Gasteiger partial charge >= 0.3 is 6.03 Å². The van der Waals surface area contributed by atoms with Gasteiger partial charge in [0.1, 0.15) is 17.6 Å². The number of aromatic nitrogens is 1. The molecule has 0 saturated carbocycles. The highest BCUT2D eigenvalue weighted by Crippen LogP contribution is 2.32. The van der Waals surface area contributed by atoms with E-state index in [-0.39, 0.29) is 29.6 Å². The second-order valence-electron chi connectivity index (χ2n) is 11.8. The predicted molar refractivity (Wildman–Crippen MR) is 173 cm³/mol. The number of likely N-dealkylation sites (tertiary alicyclic amines) is 1. The van der Waals surface area contributed by atoms with Gasteiger partial charge < -0.3 is 30.2 Å². The van der Waals surface area contributed by atoms with Gasteiger partial charge in [-0.25, -0.2) is 9.18 Å². The third-order valence-electron chi connectivity index (χ3n) is 8.40. The van der Waals surface area contributed by atoms with Crippen molar-refractivity contribution in [2.24, 2.45) is 0 Å². The largest absolute Gasteiger partial charge is 0.492 e. The number of carbonyl (C=O) groups is 2. The molecular weight excluding hydrogens is 557 g/mol. The molecule has 0 unspecified atom stereocenters. The van der Waals surface area contributed by atoms with Gasteiger partial charge in [-0.15, -0.1) is 0 Å². The zero-order valence-electron chi connectivity index (χ0n) is 25.9. The minimum Gasteiger partial charge on any atom is -0.492 e. The van der Waals surface area contributed by atoms with Crippen molar-refractivity contribution in [2.45, 2.75) is 51.1 Å². The van der Waals surface area contributed by atoms with Crippen molar-refractivity contribution in [3.8, 4) is 5.75 Å². The molecule has 232 valence electrons. The van der Waals surface area contributed by atoms with E-state index in [1.165, 1.54) is 12.1 Å². The van der Waals surface area contributed by atoms with Crippen LogP contribution in [-0.2, 0) is 11.3 Å². The molecule has 1 aromatic heterocycles. The zero-order valence-corrected chi connectivity index (χ0v) is 25.9. The lowest BCUT2D eigenvalue weighted by Gasteiger charge is -2.34. The van der Waals surface area contributed by atoms with E-state index in [9.17, 15) is 14.0 Å². The van der Waals surface area contributed by atoms with Gasteiger partial charge in [-0.05, 0) is 86.8 Å². The van der Waals surface area contributed by atoms with Gasteiger partial charge in [-0.3, -0.25) is 4.79 Å². The van der Waals surface area contributed by atoms with Crippen molar-refractivity contribution in [2.75, 3.05) is 39.1 Å². The van der Waals surface area contributed by atoms with Crippen LogP contribution in [0.3, 0.4) is 0 Å². The number of aromatic amines is 1. The highest BCUT2D eigenvalue weighted by atomic mass is 19.1. The van der Waals surface area contributed by atoms with Crippen LogP contribution in [0.25, 0.3) is 10.9 Å². The van der Waals surface area contributed by atoms with Crippen LogP contribution in [0.5, 0.6) is 5.75 Å². The summed E-state index contributed by atoms with van der Waals surface area (Å²) < 4.78 is 19.3. The fourth-order valence-electron chi connectivity index (χ4n) is 6.07. The maximum absolute atomic E-state index is 14.1. The first-order valence-electron chi connectivity index (χ1n) is 15.3. The number of H-pyrrole nitrogens is 1. The molecule has 3 aromatic carbocycles. The molecule has 2 atom stereocenters.